The highest BCUT2D eigenvalue weighted by atomic mass is 16.1. The first-order chi connectivity index (χ1) is 13.3. The number of nitrogens with one attached hydrogen (secondary N) is 2. The second-order valence-electron chi connectivity index (χ2n) is 6.88. The van der Waals surface area contributed by atoms with Gasteiger partial charge in [-0.05, 0) is 30.9 Å². The number of piperidine rings is 1. The fourth-order valence-electron chi connectivity index (χ4n) is 3.60. The molecule has 0 aliphatic carbocycles. The number of rotatable bonds is 5. The van der Waals surface area contributed by atoms with Crippen molar-refractivity contribution in [2.45, 2.75) is 12.8 Å². The van der Waals surface area contributed by atoms with Crippen LogP contribution >= 0.6 is 0 Å². The summed E-state index contributed by atoms with van der Waals surface area (Å²) in [6, 6.07) is 15.8. The van der Waals surface area contributed by atoms with Crippen molar-refractivity contribution in [3.05, 3.63) is 66.5 Å². The van der Waals surface area contributed by atoms with Crippen molar-refractivity contribution >= 4 is 11.7 Å². The maximum absolute atomic E-state index is 12.7. The van der Waals surface area contributed by atoms with E-state index in [0.717, 1.165) is 43.0 Å². The molecule has 3 heterocycles. The number of hydrogen-bond donors (Lipinski definition) is 2. The normalized spacial score (nSPS) is 16.9. The summed E-state index contributed by atoms with van der Waals surface area (Å²) < 4.78 is 0. The number of aromatic amines is 1. The quantitative estimate of drug-likeness (QED) is 0.732. The number of benzene rings is 1. The predicted octanol–water partition coefficient (Wildman–Crippen LogP) is 3.12. The topological polar surface area (TPSA) is 73.9 Å². The minimum Gasteiger partial charge on any atom is -0.356 e. The molecule has 0 radical (unpaired) electrons. The molecule has 1 saturated heterocycles. The Hall–Kier alpha value is -3.15. The highest BCUT2D eigenvalue weighted by molar-refractivity contribution is 5.99. The van der Waals surface area contributed by atoms with Crippen molar-refractivity contribution in [1.29, 1.82) is 0 Å². The van der Waals surface area contributed by atoms with Crippen molar-refractivity contribution in [3.8, 4) is 11.3 Å². The molecule has 2 aromatic heterocycles. The van der Waals surface area contributed by atoms with Crippen molar-refractivity contribution in [2.75, 3.05) is 24.5 Å². The van der Waals surface area contributed by atoms with Crippen LogP contribution in [0.3, 0.4) is 0 Å². The van der Waals surface area contributed by atoms with Gasteiger partial charge in [-0.15, -0.1) is 0 Å². The third kappa shape index (κ3) is 4.00. The Bertz CT molecular complexity index is 878. The van der Waals surface area contributed by atoms with Gasteiger partial charge in [0.25, 0.3) is 5.91 Å². The lowest BCUT2D eigenvalue weighted by atomic mass is 9.97. The molecular formula is C21H23N5O. The van der Waals surface area contributed by atoms with Crippen molar-refractivity contribution < 1.29 is 4.79 Å². The second-order valence-corrected chi connectivity index (χ2v) is 6.88. The number of pyridine rings is 1. The number of nitrogens with zero attached hydrogens (tertiary/aromatic N) is 3. The van der Waals surface area contributed by atoms with Gasteiger partial charge in [0.1, 0.15) is 5.82 Å². The van der Waals surface area contributed by atoms with Crippen LogP contribution in [0.2, 0.25) is 0 Å². The van der Waals surface area contributed by atoms with Crippen molar-refractivity contribution in [2.24, 2.45) is 5.92 Å². The number of H-pyrrole nitrogens is 1. The van der Waals surface area contributed by atoms with Crippen LogP contribution in [0.4, 0.5) is 5.82 Å². The fourth-order valence-corrected chi connectivity index (χ4v) is 3.60. The molecule has 1 aromatic carbocycles. The molecule has 138 valence electrons. The van der Waals surface area contributed by atoms with Gasteiger partial charge in [-0.25, -0.2) is 4.98 Å². The van der Waals surface area contributed by atoms with Crippen molar-refractivity contribution in [3.63, 3.8) is 0 Å². The van der Waals surface area contributed by atoms with Crippen LogP contribution in [0, 0.1) is 5.92 Å². The molecule has 1 fully saturated rings. The Morgan fingerprint density at radius 1 is 1.19 bits per heavy atom. The number of amides is 1. The SMILES string of the molecule is O=C(NCC1CCCN(c2ccccn2)C1)c1cn[nH]c1-c1ccccc1. The first-order valence-electron chi connectivity index (χ1n) is 9.34. The summed E-state index contributed by atoms with van der Waals surface area (Å²) in [7, 11) is 0. The molecule has 2 N–H and O–H groups in total. The molecule has 27 heavy (non-hydrogen) atoms. The van der Waals surface area contributed by atoms with E-state index in [9.17, 15) is 4.79 Å². The summed E-state index contributed by atoms with van der Waals surface area (Å²) in [5, 5.41) is 10.1. The molecule has 1 aliphatic rings. The van der Waals surface area contributed by atoms with Gasteiger partial charge in [0, 0.05) is 31.4 Å². The highest BCUT2D eigenvalue weighted by Gasteiger charge is 2.22. The summed E-state index contributed by atoms with van der Waals surface area (Å²) in [6.45, 7) is 2.58. The average Bonchev–Trinajstić information content (AvgIpc) is 3.24. The Morgan fingerprint density at radius 3 is 2.85 bits per heavy atom. The van der Waals surface area contributed by atoms with E-state index < -0.39 is 0 Å². The van der Waals surface area contributed by atoms with Gasteiger partial charge in [0.2, 0.25) is 0 Å². The standard InChI is InChI=1S/C21H23N5O/c27-21(18-14-24-25-20(18)17-8-2-1-3-9-17)23-13-16-7-6-12-26(15-16)19-10-4-5-11-22-19/h1-5,8-11,14,16H,6-7,12-13,15H2,(H,23,27)(H,24,25). The minimum absolute atomic E-state index is 0.0856. The van der Waals surface area contributed by atoms with Crippen LogP contribution in [0.5, 0.6) is 0 Å². The number of anilines is 1. The first kappa shape index (κ1) is 17.3. The van der Waals surface area contributed by atoms with E-state index in [1.54, 1.807) is 6.20 Å². The first-order valence-corrected chi connectivity index (χ1v) is 9.34. The van der Waals surface area contributed by atoms with Crippen LogP contribution in [-0.4, -0.2) is 40.7 Å². The number of carbonyl (C=O) groups excluding carboxylic acids is 1. The molecular weight excluding hydrogens is 338 g/mol. The predicted molar refractivity (Wildman–Crippen MR) is 106 cm³/mol. The molecule has 6 heteroatoms. The minimum atomic E-state index is -0.0856. The zero-order chi connectivity index (χ0) is 18.5. The molecule has 6 nitrogen and oxygen atoms in total. The summed E-state index contributed by atoms with van der Waals surface area (Å²) in [5.41, 5.74) is 2.30. The smallest absolute Gasteiger partial charge is 0.255 e. The maximum atomic E-state index is 12.7. The van der Waals surface area contributed by atoms with E-state index in [1.165, 1.54) is 0 Å². The van der Waals surface area contributed by atoms with Crippen molar-refractivity contribution in [1.82, 2.24) is 20.5 Å². The third-order valence-corrected chi connectivity index (χ3v) is 4.99. The largest absolute Gasteiger partial charge is 0.356 e. The second kappa shape index (κ2) is 8.03. The lowest BCUT2D eigenvalue weighted by Gasteiger charge is -2.33. The van der Waals surface area contributed by atoms with Gasteiger partial charge in [-0.3, -0.25) is 9.89 Å². The zero-order valence-electron chi connectivity index (χ0n) is 15.1. The van der Waals surface area contributed by atoms with E-state index in [0.29, 0.717) is 18.0 Å². The Kier molecular flexibility index (Phi) is 5.14. The molecule has 1 unspecified atom stereocenters. The van der Waals surface area contributed by atoms with E-state index in [4.69, 9.17) is 0 Å². The molecule has 1 amide bonds. The molecule has 3 aromatic rings. The summed E-state index contributed by atoms with van der Waals surface area (Å²) >= 11 is 0. The Labute approximate surface area is 158 Å². The highest BCUT2D eigenvalue weighted by Crippen LogP contribution is 2.22. The fraction of sp³-hybridized carbons (Fsp3) is 0.286. The van der Waals surface area contributed by atoms with Gasteiger partial charge in [0.05, 0.1) is 17.5 Å². The van der Waals surface area contributed by atoms with Gasteiger partial charge in [-0.1, -0.05) is 36.4 Å². The van der Waals surface area contributed by atoms with Crippen LogP contribution in [0.25, 0.3) is 11.3 Å². The average molecular weight is 361 g/mol. The lowest BCUT2D eigenvalue weighted by Crippen LogP contribution is -2.41. The lowest BCUT2D eigenvalue weighted by molar-refractivity contribution is 0.0946. The molecule has 0 saturated carbocycles. The van der Waals surface area contributed by atoms with Crippen LogP contribution in [-0.2, 0) is 0 Å². The Morgan fingerprint density at radius 2 is 2.04 bits per heavy atom. The van der Waals surface area contributed by atoms with Crippen LogP contribution in [0.1, 0.15) is 23.2 Å². The van der Waals surface area contributed by atoms with Gasteiger partial charge >= 0.3 is 0 Å². The van der Waals surface area contributed by atoms with Crippen LogP contribution < -0.4 is 10.2 Å². The van der Waals surface area contributed by atoms with Gasteiger partial charge < -0.3 is 10.2 Å². The van der Waals surface area contributed by atoms with E-state index in [1.807, 2.05) is 54.7 Å². The zero-order valence-corrected chi connectivity index (χ0v) is 15.1. The number of hydrogen-bond acceptors (Lipinski definition) is 4. The van der Waals surface area contributed by atoms with Gasteiger partial charge in [-0.2, -0.15) is 5.10 Å². The molecule has 4 rings (SSSR count). The monoisotopic (exact) mass is 361 g/mol. The summed E-state index contributed by atoms with van der Waals surface area (Å²) in [4.78, 5) is 19.4. The van der Waals surface area contributed by atoms with E-state index >= 15 is 0 Å². The van der Waals surface area contributed by atoms with Crippen LogP contribution in [0.15, 0.2) is 60.9 Å². The van der Waals surface area contributed by atoms with Gasteiger partial charge in [0.15, 0.2) is 0 Å². The number of carbonyl (C=O) groups is 1. The molecule has 0 bridgehead atoms. The third-order valence-electron chi connectivity index (χ3n) is 4.99. The van der Waals surface area contributed by atoms with E-state index in [-0.39, 0.29) is 5.91 Å². The molecule has 1 aliphatic heterocycles. The van der Waals surface area contributed by atoms with E-state index in [2.05, 4.69) is 25.4 Å². The molecule has 0 spiro atoms. The maximum Gasteiger partial charge on any atom is 0.255 e. The number of aromatic nitrogens is 3. The summed E-state index contributed by atoms with van der Waals surface area (Å²) in [6.07, 6.45) is 5.64. The molecule has 1 atom stereocenters. The summed E-state index contributed by atoms with van der Waals surface area (Å²) in [5.74, 6) is 1.34. The Balaban J connectivity index is 1.38.